The van der Waals surface area contributed by atoms with Crippen molar-refractivity contribution < 1.29 is 19.5 Å². The Bertz CT molecular complexity index is 1640. The number of hydrogen-bond acceptors (Lipinski definition) is 6. The third kappa shape index (κ3) is 6.75. The first-order chi connectivity index (χ1) is 22.3. The lowest BCUT2D eigenvalue weighted by molar-refractivity contribution is -0.135. The Kier molecular flexibility index (Phi) is 9.32. The standard InChI is InChI=1S/C34H42N8O4/c1-34(19-25-20-35-27-13-6-5-12-26(25)27,42(33(45)46)29-15-14-22-8-7-11-24(29)18-22)32(44)36-21-28(23-9-3-2-4-10-23)37-31(43)17-16-30-38-40-41-39-30/h2-6,9-10,12-13,20,22,24,28-29,35H,7-8,11,14-19,21H2,1H3,(H,36,44)(H,37,43)(H,45,46)(H,38,39,40,41). The zero-order chi connectivity index (χ0) is 32.1. The van der Waals surface area contributed by atoms with Crippen molar-refractivity contribution in [3.63, 3.8) is 0 Å². The first-order valence-electron chi connectivity index (χ1n) is 16.2. The topological polar surface area (TPSA) is 169 Å². The average molecular weight is 627 g/mol. The lowest BCUT2D eigenvalue weighted by atomic mass is 9.68. The zero-order valence-electron chi connectivity index (χ0n) is 26.1. The molecule has 2 aliphatic carbocycles. The number of carbonyl (C=O) groups excluding carboxylic acids is 2. The zero-order valence-corrected chi connectivity index (χ0v) is 26.1. The molecule has 3 amide bonds. The van der Waals surface area contributed by atoms with Crippen molar-refractivity contribution in [2.75, 3.05) is 6.54 Å². The molecule has 242 valence electrons. The third-order valence-corrected chi connectivity index (χ3v) is 9.98. The lowest BCUT2D eigenvalue weighted by Crippen LogP contribution is -2.65. The molecule has 0 spiro atoms. The molecule has 0 aliphatic heterocycles. The van der Waals surface area contributed by atoms with Gasteiger partial charge in [-0.1, -0.05) is 66.6 Å². The number of nitrogens with zero attached hydrogens (tertiary/aromatic N) is 4. The van der Waals surface area contributed by atoms with Gasteiger partial charge in [-0.25, -0.2) is 4.79 Å². The monoisotopic (exact) mass is 626 g/mol. The number of aryl methyl sites for hydroxylation is 1. The van der Waals surface area contributed by atoms with E-state index in [9.17, 15) is 19.5 Å². The quantitative estimate of drug-likeness (QED) is 0.154. The normalized spacial score (nSPS) is 21.2. The molecule has 2 aliphatic rings. The molecule has 5 unspecified atom stereocenters. The molecule has 2 saturated carbocycles. The van der Waals surface area contributed by atoms with Crippen molar-refractivity contribution in [1.82, 2.24) is 41.1 Å². The van der Waals surface area contributed by atoms with Crippen LogP contribution < -0.4 is 10.6 Å². The number of hydrogen-bond donors (Lipinski definition) is 5. The van der Waals surface area contributed by atoms with Crippen molar-refractivity contribution >= 4 is 28.8 Å². The number of aromatic amines is 2. The van der Waals surface area contributed by atoms with E-state index in [1.165, 1.54) is 11.3 Å². The molecule has 2 fully saturated rings. The van der Waals surface area contributed by atoms with Gasteiger partial charge in [0.1, 0.15) is 5.54 Å². The number of H-pyrrole nitrogens is 2. The van der Waals surface area contributed by atoms with Crippen LogP contribution in [0.1, 0.15) is 74.9 Å². The van der Waals surface area contributed by atoms with Gasteiger partial charge >= 0.3 is 6.09 Å². The Hall–Kier alpha value is -4.74. The van der Waals surface area contributed by atoms with Gasteiger partial charge in [-0.3, -0.25) is 14.5 Å². The molecule has 0 saturated heterocycles. The molecule has 46 heavy (non-hydrogen) atoms. The average Bonchev–Trinajstić information content (AvgIpc) is 3.74. The highest BCUT2D eigenvalue weighted by atomic mass is 16.4. The summed E-state index contributed by atoms with van der Waals surface area (Å²) in [4.78, 5) is 45.5. The molecule has 0 radical (unpaired) electrons. The minimum atomic E-state index is -1.41. The number of tetrazole rings is 1. The van der Waals surface area contributed by atoms with Gasteiger partial charge in [0, 0.05) is 48.9 Å². The number of amides is 3. The van der Waals surface area contributed by atoms with Crippen LogP contribution in [0.3, 0.4) is 0 Å². The van der Waals surface area contributed by atoms with Crippen LogP contribution in [0.5, 0.6) is 0 Å². The fourth-order valence-corrected chi connectivity index (χ4v) is 7.67. The van der Waals surface area contributed by atoms with Gasteiger partial charge in [0.05, 0.1) is 6.04 Å². The van der Waals surface area contributed by atoms with E-state index < -0.39 is 17.7 Å². The van der Waals surface area contributed by atoms with Gasteiger partial charge in [0.15, 0.2) is 5.82 Å². The van der Waals surface area contributed by atoms with Crippen LogP contribution in [0.25, 0.3) is 10.9 Å². The van der Waals surface area contributed by atoms with E-state index in [1.54, 1.807) is 6.92 Å². The van der Waals surface area contributed by atoms with Crippen LogP contribution in [0, 0.1) is 11.8 Å². The predicted octanol–water partition coefficient (Wildman–Crippen LogP) is 4.54. The largest absolute Gasteiger partial charge is 0.465 e. The molecular formula is C34H42N8O4. The summed E-state index contributed by atoms with van der Waals surface area (Å²) in [5.41, 5.74) is 1.23. The highest BCUT2D eigenvalue weighted by Crippen LogP contribution is 2.44. The van der Waals surface area contributed by atoms with Crippen LogP contribution in [-0.2, 0) is 22.4 Å². The molecule has 4 aromatic rings. The summed E-state index contributed by atoms with van der Waals surface area (Å²) in [6, 6.07) is 16.5. The van der Waals surface area contributed by atoms with Crippen LogP contribution >= 0.6 is 0 Å². The molecule has 6 rings (SSSR count). The van der Waals surface area contributed by atoms with Gasteiger partial charge in [-0.15, -0.1) is 10.2 Å². The Labute approximate surface area is 267 Å². The van der Waals surface area contributed by atoms with E-state index in [1.807, 2.05) is 60.8 Å². The van der Waals surface area contributed by atoms with Gasteiger partial charge in [-0.2, -0.15) is 5.21 Å². The van der Waals surface area contributed by atoms with Crippen LogP contribution in [0.15, 0.2) is 60.8 Å². The number of fused-ring (bicyclic) bond motifs is 3. The van der Waals surface area contributed by atoms with Crippen molar-refractivity contribution in [3.8, 4) is 0 Å². The van der Waals surface area contributed by atoms with E-state index in [0.29, 0.717) is 18.2 Å². The number of benzene rings is 2. The summed E-state index contributed by atoms with van der Waals surface area (Å²) in [7, 11) is 0. The highest BCUT2D eigenvalue weighted by Gasteiger charge is 2.50. The van der Waals surface area contributed by atoms with E-state index in [-0.39, 0.29) is 43.2 Å². The van der Waals surface area contributed by atoms with E-state index >= 15 is 0 Å². The second-order valence-corrected chi connectivity index (χ2v) is 13.0. The summed E-state index contributed by atoms with van der Waals surface area (Å²) < 4.78 is 0. The maximum atomic E-state index is 14.5. The fraction of sp³-hybridized carbons (Fsp3) is 0.471. The number of carboxylic acid groups (broad SMARTS) is 1. The molecule has 12 heteroatoms. The summed E-state index contributed by atoms with van der Waals surface area (Å²) in [6.45, 7) is 1.85. The fourth-order valence-electron chi connectivity index (χ4n) is 7.67. The molecule has 12 nitrogen and oxygen atoms in total. The van der Waals surface area contributed by atoms with Crippen molar-refractivity contribution in [2.24, 2.45) is 11.8 Å². The molecule has 5 N–H and O–H groups in total. The van der Waals surface area contributed by atoms with Gasteiger partial charge in [0.25, 0.3) is 0 Å². The van der Waals surface area contributed by atoms with Crippen LogP contribution in [0.2, 0.25) is 0 Å². The number of nitrogens with one attached hydrogen (secondary N) is 4. The first kappa shape index (κ1) is 31.3. The molecule has 5 atom stereocenters. The first-order valence-corrected chi connectivity index (χ1v) is 16.2. The minimum Gasteiger partial charge on any atom is -0.465 e. The minimum absolute atomic E-state index is 0.0872. The maximum Gasteiger partial charge on any atom is 0.408 e. The van der Waals surface area contributed by atoms with Crippen molar-refractivity contribution in [3.05, 3.63) is 77.7 Å². The number of rotatable bonds is 12. The second-order valence-electron chi connectivity index (χ2n) is 13.0. The predicted molar refractivity (Wildman–Crippen MR) is 172 cm³/mol. The second kappa shape index (κ2) is 13.7. The van der Waals surface area contributed by atoms with Crippen molar-refractivity contribution in [1.29, 1.82) is 0 Å². The van der Waals surface area contributed by atoms with E-state index in [4.69, 9.17) is 0 Å². The number of para-hydroxylation sites is 1. The smallest absolute Gasteiger partial charge is 0.408 e. The van der Waals surface area contributed by atoms with E-state index in [2.05, 4.69) is 36.2 Å². The summed E-state index contributed by atoms with van der Waals surface area (Å²) in [5, 5.41) is 31.7. The molecule has 2 heterocycles. The number of carbonyl (C=O) groups is 3. The molecule has 2 bridgehead atoms. The summed E-state index contributed by atoms with van der Waals surface area (Å²) >= 11 is 0. The summed E-state index contributed by atoms with van der Waals surface area (Å²) in [5.74, 6) is 0.688. The van der Waals surface area contributed by atoms with Gasteiger partial charge < -0.3 is 20.7 Å². The molecule has 2 aromatic carbocycles. The summed E-state index contributed by atoms with van der Waals surface area (Å²) in [6.07, 6.45) is 7.46. The Morgan fingerprint density at radius 3 is 2.65 bits per heavy atom. The maximum absolute atomic E-state index is 14.5. The Morgan fingerprint density at radius 1 is 1.07 bits per heavy atom. The van der Waals surface area contributed by atoms with E-state index in [0.717, 1.165) is 54.1 Å². The Morgan fingerprint density at radius 2 is 1.87 bits per heavy atom. The van der Waals surface area contributed by atoms with Crippen LogP contribution in [0.4, 0.5) is 4.79 Å². The third-order valence-electron chi connectivity index (χ3n) is 9.98. The molecule has 2 aromatic heterocycles. The number of aromatic nitrogens is 5. The van der Waals surface area contributed by atoms with Gasteiger partial charge in [0.2, 0.25) is 11.8 Å². The highest BCUT2D eigenvalue weighted by molar-refractivity contribution is 5.91. The SMILES string of the molecule is CC(Cc1c[nH]c2ccccc12)(C(=O)NCC(NC(=O)CCc1nn[nH]n1)c1ccccc1)N(C(=O)O)C1CCC2CCCC1C2. The molecular weight excluding hydrogens is 584 g/mol. The van der Waals surface area contributed by atoms with Crippen LogP contribution in [-0.4, -0.2) is 71.6 Å². The lowest BCUT2D eigenvalue weighted by Gasteiger charge is -2.50. The Balaban J connectivity index is 1.27. The van der Waals surface area contributed by atoms with Gasteiger partial charge in [-0.05, 0) is 61.6 Å². The van der Waals surface area contributed by atoms with Crippen molar-refractivity contribution in [2.45, 2.75) is 82.3 Å².